The normalized spacial score (nSPS) is 11.4. The van der Waals surface area contributed by atoms with Crippen LogP contribution in [0.5, 0.6) is 5.75 Å². The van der Waals surface area contributed by atoms with Crippen LogP contribution in [0.25, 0.3) is 0 Å². The van der Waals surface area contributed by atoms with Crippen LogP contribution in [-0.2, 0) is 4.79 Å². The van der Waals surface area contributed by atoms with E-state index in [9.17, 15) is 9.59 Å². The molecule has 0 spiro atoms. The van der Waals surface area contributed by atoms with E-state index in [1.54, 1.807) is 25.5 Å². The van der Waals surface area contributed by atoms with Crippen LogP contribution in [0, 0.1) is 0 Å². The minimum absolute atomic E-state index is 0.135. The number of rotatable bonds is 6. The highest BCUT2D eigenvalue weighted by Gasteiger charge is 2.17. The van der Waals surface area contributed by atoms with Gasteiger partial charge in [0.25, 0.3) is 0 Å². The van der Waals surface area contributed by atoms with E-state index in [0.29, 0.717) is 5.69 Å². The second-order valence-electron chi connectivity index (χ2n) is 5.41. The number of hydrogen-bond donors (Lipinski definition) is 4. The highest BCUT2D eigenvalue weighted by molar-refractivity contribution is 7.81. The lowest BCUT2D eigenvalue weighted by atomic mass is 10.2. The minimum Gasteiger partial charge on any atom is -0.497 e. The Bertz CT molecular complexity index is 959. The van der Waals surface area contributed by atoms with Crippen LogP contribution in [0.3, 0.4) is 0 Å². The van der Waals surface area contributed by atoms with E-state index in [2.05, 4.69) is 38.2 Å². The topological polar surface area (TPSA) is 151 Å². The lowest BCUT2D eigenvalue weighted by Gasteiger charge is -1.99. The van der Waals surface area contributed by atoms with Gasteiger partial charge in [0.15, 0.2) is 11.1 Å². The molecule has 29 heavy (non-hydrogen) atoms. The van der Waals surface area contributed by atoms with Crippen molar-refractivity contribution in [1.29, 1.82) is 0 Å². The molecule has 1 aromatic heterocycles. The van der Waals surface area contributed by atoms with Gasteiger partial charge < -0.3 is 14.9 Å². The number of aromatic nitrogens is 4. The Balaban J connectivity index is 0.000000253. The van der Waals surface area contributed by atoms with Crippen molar-refractivity contribution in [3.8, 4) is 5.75 Å². The number of aromatic amines is 1. The Kier molecular flexibility index (Phi) is 7.86. The summed E-state index contributed by atoms with van der Waals surface area (Å²) in [5.41, 5.74) is 1.91. The van der Waals surface area contributed by atoms with Crippen molar-refractivity contribution < 1.29 is 24.5 Å². The number of nitrogens with one attached hydrogen (secondary N) is 1. The summed E-state index contributed by atoms with van der Waals surface area (Å²) >= 11 is 3.71. The Morgan fingerprint density at radius 1 is 1.14 bits per heavy atom. The van der Waals surface area contributed by atoms with Gasteiger partial charge >= 0.3 is 11.9 Å². The smallest absolute Gasteiger partial charge is 0.335 e. The van der Waals surface area contributed by atoms with E-state index >= 15 is 0 Å². The molecule has 0 aliphatic heterocycles. The summed E-state index contributed by atoms with van der Waals surface area (Å²) < 4.78 is 5.07. The van der Waals surface area contributed by atoms with E-state index in [0.717, 1.165) is 11.3 Å². The maximum absolute atomic E-state index is 10.7. The third kappa shape index (κ3) is 6.74. The molecule has 3 N–H and O–H groups in total. The number of ether oxygens (including phenoxy) is 1. The van der Waals surface area contributed by atoms with Crippen molar-refractivity contribution >= 4 is 36.5 Å². The zero-order valence-corrected chi connectivity index (χ0v) is 16.0. The lowest BCUT2D eigenvalue weighted by molar-refractivity contribution is -0.136. The Morgan fingerprint density at radius 3 is 2.28 bits per heavy atom. The predicted molar refractivity (Wildman–Crippen MR) is 107 cm³/mol. The fourth-order valence-electron chi connectivity index (χ4n) is 1.93. The van der Waals surface area contributed by atoms with Gasteiger partial charge in [-0.2, -0.15) is 12.6 Å². The van der Waals surface area contributed by atoms with Gasteiger partial charge in [0.05, 0.1) is 18.4 Å². The van der Waals surface area contributed by atoms with E-state index in [4.69, 9.17) is 14.9 Å². The molecular formula is C18H17N5O5S. The number of H-pyrrole nitrogens is 1. The maximum atomic E-state index is 10.7. The lowest BCUT2D eigenvalue weighted by Crippen LogP contribution is -2.06. The second kappa shape index (κ2) is 10.6. The molecule has 3 aromatic rings. The largest absolute Gasteiger partial charge is 0.497 e. The van der Waals surface area contributed by atoms with Crippen LogP contribution in [0.4, 0.5) is 5.69 Å². The number of carboxylic acids is 2. The molecule has 3 rings (SSSR count). The third-order valence-corrected chi connectivity index (χ3v) is 3.91. The molecule has 0 aliphatic rings. The van der Waals surface area contributed by atoms with Gasteiger partial charge in [-0.1, -0.05) is 0 Å². The molecule has 1 heterocycles. The molecular weight excluding hydrogens is 398 g/mol. The molecule has 11 heteroatoms. The van der Waals surface area contributed by atoms with Gasteiger partial charge in [-0.15, -0.1) is 5.10 Å². The fourth-order valence-corrected chi connectivity index (χ4v) is 2.04. The van der Waals surface area contributed by atoms with Crippen LogP contribution in [0.1, 0.15) is 27.0 Å². The number of carboxylic acid groups (broad SMARTS) is 2. The van der Waals surface area contributed by atoms with Crippen molar-refractivity contribution in [2.24, 2.45) is 4.99 Å². The highest BCUT2D eigenvalue weighted by Crippen LogP contribution is 2.15. The van der Waals surface area contributed by atoms with Crippen molar-refractivity contribution in [3.05, 3.63) is 65.5 Å². The van der Waals surface area contributed by atoms with Crippen LogP contribution in [-0.4, -0.2) is 56.1 Å². The third-order valence-electron chi connectivity index (χ3n) is 3.45. The van der Waals surface area contributed by atoms with E-state index < -0.39 is 17.2 Å². The second-order valence-corrected chi connectivity index (χ2v) is 5.93. The Hall–Kier alpha value is -3.73. The molecule has 1 unspecified atom stereocenters. The molecule has 0 saturated carbocycles. The Labute approximate surface area is 170 Å². The van der Waals surface area contributed by atoms with Gasteiger partial charge in [0.2, 0.25) is 0 Å². The van der Waals surface area contributed by atoms with E-state index in [1.165, 1.54) is 12.1 Å². The van der Waals surface area contributed by atoms with Crippen molar-refractivity contribution in [3.63, 3.8) is 0 Å². The molecule has 10 nitrogen and oxygen atoms in total. The zero-order valence-electron chi connectivity index (χ0n) is 15.1. The van der Waals surface area contributed by atoms with Crippen LogP contribution < -0.4 is 4.74 Å². The summed E-state index contributed by atoms with van der Waals surface area (Å²) in [6.45, 7) is 0. The number of hydrogen-bond acceptors (Lipinski definition) is 8. The summed E-state index contributed by atoms with van der Waals surface area (Å²) in [6.07, 6.45) is 1.72. The summed E-state index contributed by atoms with van der Waals surface area (Å²) in [7, 11) is 1.62. The molecule has 150 valence electrons. The number of aliphatic carboxylic acids is 1. The number of aliphatic imine (C=N–C) groups is 1. The molecule has 2 aromatic carbocycles. The number of benzene rings is 2. The molecule has 0 fully saturated rings. The van der Waals surface area contributed by atoms with Gasteiger partial charge in [-0.05, 0) is 64.5 Å². The molecule has 0 radical (unpaired) electrons. The number of methoxy groups -OCH3 is 1. The van der Waals surface area contributed by atoms with Crippen LogP contribution in [0.2, 0.25) is 0 Å². The first-order valence-corrected chi connectivity index (χ1v) is 8.58. The van der Waals surface area contributed by atoms with Crippen LogP contribution >= 0.6 is 12.6 Å². The van der Waals surface area contributed by atoms with Crippen LogP contribution in [0.15, 0.2) is 53.5 Å². The van der Waals surface area contributed by atoms with Gasteiger partial charge in [-0.3, -0.25) is 9.79 Å². The SMILES string of the molecule is COc1ccc(C=Nc2ccc(C(=O)O)cc2)cc1.O=C(O)C(S)c1nnn[nH]1. The number of nitrogens with zero attached hydrogens (tertiary/aromatic N) is 4. The number of carbonyl (C=O) groups is 2. The van der Waals surface area contributed by atoms with Crippen molar-refractivity contribution in [1.82, 2.24) is 20.6 Å². The first kappa shape index (κ1) is 21.6. The molecule has 1 atom stereocenters. The summed E-state index contributed by atoms with van der Waals surface area (Å²) in [6, 6.07) is 13.9. The Morgan fingerprint density at radius 2 is 1.79 bits per heavy atom. The molecule has 0 bridgehead atoms. The zero-order chi connectivity index (χ0) is 21.2. The molecule has 0 amide bonds. The fraction of sp³-hybridized carbons (Fsp3) is 0.111. The molecule has 0 aliphatic carbocycles. The monoisotopic (exact) mass is 415 g/mol. The average Bonchev–Trinajstić information content (AvgIpc) is 3.27. The minimum atomic E-state index is -1.08. The standard InChI is InChI=1S/C15H13NO3.C3H4N4O2S/c1-19-14-8-2-11(3-9-14)10-16-13-6-4-12(5-7-13)15(17)18;8-3(9)1(10)2-4-6-7-5-2/h2-10H,1H3,(H,17,18);1,10H,(H,8,9)(H,4,5,6,7). The first-order valence-electron chi connectivity index (χ1n) is 8.06. The number of tetrazole rings is 1. The quantitative estimate of drug-likeness (QED) is 0.354. The molecule has 0 saturated heterocycles. The first-order chi connectivity index (χ1) is 13.9. The van der Waals surface area contributed by atoms with E-state index in [1.807, 2.05) is 24.3 Å². The van der Waals surface area contributed by atoms with Gasteiger partial charge in [0.1, 0.15) is 5.75 Å². The number of aromatic carboxylic acids is 1. The maximum Gasteiger partial charge on any atom is 0.335 e. The highest BCUT2D eigenvalue weighted by atomic mass is 32.1. The van der Waals surface area contributed by atoms with Gasteiger partial charge in [-0.25, -0.2) is 9.89 Å². The summed E-state index contributed by atoms with van der Waals surface area (Å²) in [4.78, 5) is 25.2. The van der Waals surface area contributed by atoms with Crippen molar-refractivity contribution in [2.45, 2.75) is 5.25 Å². The summed E-state index contributed by atoms with van der Waals surface area (Å²) in [5.74, 6) is -1.09. The summed E-state index contributed by atoms with van der Waals surface area (Å²) in [5, 5.41) is 28.2. The predicted octanol–water partition coefficient (Wildman–Crippen LogP) is 2.40. The number of thiol groups is 1. The van der Waals surface area contributed by atoms with Gasteiger partial charge in [0, 0.05) is 6.21 Å². The van der Waals surface area contributed by atoms with Crippen molar-refractivity contribution in [2.75, 3.05) is 7.11 Å². The average molecular weight is 415 g/mol. The van der Waals surface area contributed by atoms with E-state index in [-0.39, 0.29) is 11.4 Å².